The molecule has 0 radical (unpaired) electrons. The molecule has 1 amide bonds. The summed E-state index contributed by atoms with van der Waals surface area (Å²) in [6.45, 7) is 3.84. The number of amides is 1. The van der Waals surface area contributed by atoms with Gasteiger partial charge in [0.2, 0.25) is 17.6 Å². The van der Waals surface area contributed by atoms with Crippen LogP contribution in [0.2, 0.25) is 0 Å². The van der Waals surface area contributed by atoms with Gasteiger partial charge in [-0.25, -0.2) is 9.97 Å². The highest BCUT2D eigenvalue weighted by Crippen LogP contribution is 2.31. The Bertz CT molecular complexity index is 1000. The van der Waals surface area contributed by atoms with Crippen molar-refractivity contribution >= 4 is 11.6 Å². The largest absolute Gasteiger partial charge is 0.497 e. The van der Waals surface area contributed by atoms with Crippen molar-refractivity contribution in [2.24, 2.45) is 0 Å². The molecule has 3 heterocycles. The fourth-order valence-electron chi connectivity index (χ4n) is 3.62. The number of anilines is 1. The number of hydrogen-bond donors (Lipinski definition) is 1. The van der Waals surface area contributed by atoms with E-state index in [0.29, 0.717) is 24.7 Å². The van der Waals surface area contributed by atoms with Gasteiger partial charge >= 0.3 is 0 Å². The van der Waals surface area contributed by atoms with Crippen molar-refractivity contribution in [3.05, 3.63) is 48.4 Å². The lowest BCUT2D eigenvalue weighted by Crippen LogP contribution is -2.31. The van der Waals surface area contributed by atoms with Crippen LogP contribution in [-0.2, 0) is 11.2 Å². The van der Waals surface area contributed by atoms with E-state index in [1.54, 1.807) is 19.6 Å². The van der Waals surface area contributed by atoms with Gasteiger partial charge in [-0.05, 0) is 37.2 Å². The quantitative estimate of drug-likeness (QED) is 0.636. The van der Waals surface area contributed by atoms with Crippen molar-refractivity contribution < 1.29 is 14.1 Å². The van der Waals surface area contributed by atoms with Crippen LogP contribution >= 0.6 is 0 Å². The van der Waals surface area contributed by atoms with Crippen LogP contribution in [0.1, 0.15) is 30.8 Å². The van der Waals surface area contributed by atoms with Gasteiger partial charge in [-0.2, -0.15) is 4.98 Å². The first-order valence-electron chi connectivity index (χ1n) is 9.95. The first-order valence-corrected chi connectivity index (χ1v) is 9.95. The first kappa shape index (κ1) is 20.0. The van der Waals surface area contributed by atoms with Crippen molar-refractivity contribution in [2.75, 3.05) is 32.1 Å². The standard InChI is InChI=1S/C21H24N6O3/c1-3-19-25-21(26-30-19)17-10-22-13-23-20(17)14-8-9-27(11-14)12-18(28)24-15-4-6-16(29-2)7-5-15/h4-7,10,13-14H,3,8-9,11-12H2,1-2H3,(H,24,28)/t14-/m0/s1. The molecule has 0 bridgehead atoms. The summed E-state index contributed by atoms with van der Waals surface area (Å²) in [5, 5.41) is 6.99. The van der Waals surface area contributed by atoms with Gasteiger partial charge in [0.1, 0.15) is 12.1 Å². The molecule has 1 fully saturated rings. The highest BCUT2D eigenvalue weighted by molar-refractivity contribution is 5.92. The number of likely N-dealkylation sites (tertiary alicyclic amines) is 1. The van der Waals surface area contributed by atoms with Gasteiger partial charge in [0.25, 0.3) is 0 Å². The van der Waals surface area contributed by atoms with Crippen molar-refractivity contribution in [3.63, 3.8) is 0 Å². The molecule has 9 nitrogen and oxygen atoms in total. The second-order valence-corrected chi connectivity index (χ2v) is 7.18. The number of carbonyl (C=O) groups is 1. The van der Waals surface area contributed by atoms with E-state index in [2.05, 4.69) is 30.3 Å². The number of benzene rings is 1. The van der Waals surface area contributed by atoms with E-state index in [4.69, 9.17) is 9.26 Å². The highest BCUT2D eigenvalue weighted by atomic mass is 16.5. The van der Waals surface area contributed by atoms with E-state index >= 15 is 0 Å². The molecule has 0 unspecified atom stereocenters. The molecule has 2 aromatic heterocycles. The molecule has 3 aromatic rings. The lowest BCUT2D eigenvalue weighted by molar-refractivity contribution is -0.117. The van der Waals surface area contributed by atoms with Gasteiger partial charge in [-0.3, -0.25) is 9.69 Å². The molecule has 1 aliphatic heterocycles. The maximum Gasteiger partial charge on any atom is 0.238 e. The average Bonchev–Trinajstić information content (AvgIpc) is 3.44. The normalized spacial score (nSPS) is 16.5. The van der Waals surface area contributed by atoms with Crippen LogP contribution in [0.4, 0.5) is 5.69 Å². The minimum absolute atomic E-state index is 0.0468. The predicted octanol–water partition coefficient (Wildman–Crippen LogP) is 2.53. The van der Waals surface area contributed by atoms with E-state index in [9.17, 15) is 4.79 Å². The van der Waals surface area contributed by atoms with Crippen LogP contribution in [0.15, 0.2) is 41.3 Å². The summed E-state index contributed by atoms with van der Waals surface area (Å²) in [5.41, 5.74) is 2.43. The Morgan fingerprint density at radius 2 is 2.17 bits per heavy atom. The third-order valence-electron chi connectivity index (χ3n) is 5.15. The van der Waals surface area contributed by atoms with Gasteiger partial charge in [-0.1, -0.05) is 12.1 Å². The number of carbonyl (C=O) groups excluding carboxylic acids is 1. The summed E-state index contributed by atoms with van der Waals surface area (Å²) in [5.74, 6) is 1.99. The summed E-state index contributed by atoms with van der Waals surface area (Å²) in [6.07, 6.45) is 4.85. The molecule has 0 saturated carbocycles. The zero-order chi connectivity index (χ0) is 20.9. The number of rotatable bonds is 7. The molecule has 1 N–H and O–H groups in total. The molecule has 9 heteroatoms. The molecular formula is C21H24N6O3. The Morgan fingerprint density at radius 3 is 2.90 bits per heavy atom. The summed E-state index contributed by atoms with van der Waals surface area (Å²) >= 11 is 0. The Balaban J connectivity index is 1.39. The number of nitrogens with one attached hydrogen (secondary N) is 1. The molecule has 1 saturated heterocycles. The van der Waals surface area contributed by atoms with E-state index in [0.717, 1.165) is 42.2 Å². The molecule has 156 valence electrons. The lowest BCUT2D eigenvalue weighted by Gasteiger charge is -2.16. The van der Waals surface area contributed by atoms with Crippen LogP contribution in [-0.4, -0.2) is 57.7 Å². The smallest absolute Gasteiger partial charge is 0.238 e. The topological polar surface area (TPSA) is 106 Å². The summed E-state index contributed by atoms with van der Waals surface area (Å²) in [6, 6.07) is 7.29. The number of methoxy groups -OCH3 is 1. The zero-order valence-corrected chi connectivity index (χ0v) is 17.0. The lowest BCUT2D eigenvalue weighted by atomic mass is 10.00. The third-order valence-corrected chi connectivity index (χ3v) is 5.15. The Morgan fingerprint density at radius 1 is 1.33 bits per heavy atom. The van der Waals surface area contributed by atoms with E-state index in [1.807, 2.05) is 31.2 Å². The number of hydrogen-bond acceptors (Lipinski definition) is 8. The van der Waals surface area contributed by atoms with E-state index < -0.39 is 0 Å². The molecule has 0 aliphatic carbocycles. The molecule has 1 aromatic carbocycles. The number of aromatic nitrogens is 4. The van der Waals surface area contributed by atoms with E-state index in [-0.39, 0.29) is 11.8 Å². The Hall–Kier alpha value is -3.33. The van der Waals surface area contributed by atoms with Gasteiger partial charge in [-0.15, -0.1) is 0 Å². The molecule has 4 rings (SSSR count). The van der Waals surface area contributed by atoms with Crippen LogP contribution < -0.4 is 10.1 Å². The fraction of sp³-hybridized carbons (Fsp3) is 0.381. The second-order valence-electron chi connectivity index (χ2n) is 7.18. The zero-order valence-electron chi connectivity index (χ0n) is 17.0. The predicted molar refractivity (Wildman–Crippen MR) is 110 cm³/mol. The SMILES string of the molecule is CCc1nc(-c2cncnc2[C@H]2CCN(CC(=O)Nc3ccc(OC)cc3)C2)no1. The van der Waals surface area contributed by atoms with Crippen LogP contribution in [0.5, 0.6) is 5.75 Å². The summed E-state index contributed by atoms with van der Waals surface area (Å²) in [4.78, 5) is 27.6. The van der Waals surface area contributed by atoms with Gasteiger partial charge < -0.3 is 14.6 Å². The number of aryl methyl sites for hydroxylation is 1. The van der Waals surface area contributed by atoms with Crippen molar-refractivity contribution in [2.45, 2.75) is 25.7 Å². The Labute approximate surface area is 174 Å². The molecule has 1 aliphatic rings. The van der Waals surface area contributed by atoms with Gasteiger partial charge in [0.15, 0.2) is 0 Å². The number of ether oxygens (including phenoxy) is 1. The van der Waals surface area contributed by atoms with Crippen LogP contribution in [0.3, 0.4) is 0 Å². The van der Waals surface area contributed by atoms with Gasteiger partial charge in [0.05, 0.1) is 24.9 Å². The molecule has 1 atom stereocenters. The van der Waals surface area contributed by atoms with Gasteiger partial charge in [0, 0.05) is 30.8 Å². The second kappa shape index (κ2) is 9.00. The maximum absolute atomic E-state index is 12.4. The third kappa shape index (κ3) is 4.46. The average molecular weight is 408 g/mol. The van der Waals surface area contributed by atoms with E-state index in [1.165, 1.54) is 0 Å². The molecular weight excluding hydrogens is 384 g/mol. The maximum atomic E-state index is 12.4. The Kier molecular flexibility index (Phi) is 5.99. The van der Waals surface area contributed by atoms with Crippen LogP contribution in [0.25, 0.3) is 11.4 Å². The van der Waals surface area contributed by atoms with Crippen molar-refractivity contribution in [3.8, 4) is 17.1 Å². The highest BCUT2D eigenvalue weighted by Gasteiger charge is 2.29. The van der Waals surface area contributed by atoms with Crippen molar-refractivity contribution in [1.29, 1.82) is 0 Å². The summed E-state index contributed by atoms with van der Waals surface area (Å²) < 4.78 is 10.4. The monoisotopic (exact) mass is 408 g/mol. The fourth-order valence-corrected chi connectivity index (χ4v) is 3.62. The minimum atomic E-state index is -0.0468. The van der Waals surface area contributed by atoms with Crippen molar-refractivity contribution in [1.82, 2.24) is 25.0 Å². The number of nitrogens with zero attached hydrogens (tertiary/aromatic N) is 5. The summed E-state index contributed by atoms with van der Waals surface area (Å²) in [7, 11) is 1.61. The minimum Gasteiger partial charge on any atom is -0.497 e. The van der Waals surface area contributed by atoms with Crippen LogP contribution in [0, 0.1) is 0 Å². The molecule has 0 spiro atoms. The molecule has 30 heavy (non-hydrogen) atoms. The first-order chi connectivity index (χ1) is 14.7.